The van der Waals surface area contributed by atoms with Crippen molar-refractivity contribution in [3.05, 3.63) is 47.2 Å². The van der Waals surface area contributed by atoms with E-state index >= 15 is 0 Å². The Morgan fingerprint density at radius 1 is 1.18 bits per heavy atom. The number of aromatic nitrogens is 4. The summed E-state index contributed by atoms with van der Waals surface area (Å²) in [6, 6.07) is 8.51. The second-order valence-electron chi connectivity index (χ2n) is 6.52. The van der Waals surface area contributed by atoms with Gasteiger partial charge in [0.1, 0.15) is 10.8 Å². The number of rotatable bonds is 6. The summed E-state index contributed by atoms with van der Waals surface area (Å²) in [4.78, 5) is 8.74. The van der Waals surface area contributed by atoms with Crippen LogP contribution in [0.4, 0.5) is 23.3 Å². The highest BCUT2D eigenvalue weighted by molar-refractivity contribution is 7.92. The summed E-state index contributed by atoms with van der Waals surface area (Å²) in [5.74, 6) is 1.32. The van der Waals surface area contributed by atoms with Gasteiger partial charge in [-0.1, -0.05) is 23.7 Å². The fourth-order valence-electron chi connectivity index (χ4n) is 2.56. The lowest BCUT2D eigenvalue weighted by Gasteiger charge is -2.15. The van der Waals surface area contributed by atoms with Crippen molar-refractivity contribution < 1.29 is 8.42 Å². The van der Waals surface area contributed by atoms with E-state index in [9.17, 15) is 8.42 Å². The Morgan fingerprint density at radius 3 is 2.54 bits per heavy atom. The third kappa shape index (κ3) is 4.10. The van der Waals surface area contributed by atoms with Crippen LogP contribution in [0.3, 0.4) is 0 Å². The van der Waals surface area contributed by atoms with Crippen LogP contribution in [-0.2, 0) is 16.9 Å². The number of nitrogens with one attached hydrogen (secondary N) is 2. The first-order valence-electron chi connectivity index (χ1n) is 8.58. The average Bonchev–Trinajstić information content (AvgIpc) is 2.95. The first-order valence-corrected chi connectivity index (χ1v) is 10.5. The predicted octanol–water partition coefficient (Wildman–Crippen LogP) is 3.84. The fraction of sp³-hybridized carbons (Fsp3) is 0.278. The minimum atomic E-state index is -3.48. The zero-order valence-corrected chi connectivity index (χ0v) is 17.5. The molecule has 2 N–H and O–H groups in total. The van der Waals surface area contributed by atoms with E-state index in [1.54, 1.807) is 49.8 Å². The van der Waals surface area contributed by atoms with Crippen LogP contribution in [0, 0.1) is 6.92 Å². The van der Waals surface area contributed by atoms with E-state index in [0.29, 0.717) is 23.3 Å². The highest BCUT2D eigenvalue weighted by atomic mass is 35.5. The Kier molecular flexibility index (Phi) is 5.57. The molecule has 0 amide bonds. The van der Waals surface area contributed by atoms with Crippen molar-refractivity contribution in [2.75, 3.05) is 10.6 Å². The van der Waals surface area contributed by atoms with E-state index in [1.165, 1.54) is 6.20 Å². The van der Waals surface area contributed by atoms with Crippen LogP contribution < -0.4 is 10.6 Å². The quantitative estimate of drug-likeness (QED) is 0.624. The largest absolute Gasteiger partial charge is 0.338 e. The van der Waals surface area contributed by atoms with Crippen LogP contribution in [0.2, 0.25) is 5.02 Å². The van der Waals surface area contributed by atoms with Gasteiger partial charge in [-0.15, -0.1) is 0 Å². The van der Waals surface area contributed by atoms with Gasteiger partial charge in [-0.05, 0) is 32.9 Å². The fourth-order valence-corrected chi connectivity index (χ4v) is 3.90. The van der Waals surface area contributed by atoms with Crippen LogP contribution in [0.5, 0.6) is 0 Å². The molecule has 0 saturated heterocycles. The lowest BCUT2D eigenvalue weighted by Crippen LogP contribution is -2.15. The summed E-state index contributed by atoms with van der Waals surface area (Å²) >= 11 is 6.23. The molecule has 0 saturated carbocycles. The summed E-state index contributed by atoms with van der Waals surface area (Å²) in [6.07, 6.45) is 1.45. The molecular formula is C18H21ClN6O2S. The molecule has 0 unspecified atom stereocenters. The standard InChI is InChI=1S/C18H21ClN6O2S/c1-11(2)28(26,27)15-8-6-5-7-14(15)21-17-13(19)10-20-18(23-17)22-16-9-12(3)24-25(16)4/h5-11H,1-4H3,(H2,20,21,22,23). The van der Waals surface area contributed by atoms with E-state index < -0.39 is 15.1 Å². The van der Waals surface area contributed by atoms with Gasteiger partial charge in [-0.2, -0.15) is 10.1 Å². The van der Waals surface area contributed by atoms with Crippen LogP contribution in [-0.4, -0.2) is 33.4 Å². The van der Waals surface area contributed by atoms with Crippen molar-refractivity contribution in [2.45, 2.75) is 30.9 Å². The van der Waals surface area contributed by atoms with E-state index in [1.807, 2.05) is 13.0 Å². The minimum Gasteiger partial charge on any atom is -0.338 e. The Bertz CT molecular complexity index is 1110. The van der Waals surface area contributed by atoms with Gasteiger partial charge in [-0.25, -0.2) is 13.4 Å². The van der Waals surface area contributed by atoms with Gasteiger partial charge in [0.25, 0.3) is 0 Å². The molecule has 0 fully saturated rings. The van der Waals surface area contributed by atoms with E-state index in [2.05, 4.69) is 25.7 Å². The van der Waals surface area contributed by atoms with Gasteiger partial charge in [0.05, 0.1) is 27.7 Å². The normalized spacial score (nSPS) is 11.6. The molecule has 0 aliphatic heterocycles. The Morgan fingerprint density at radius 2 is 1.89 bits per heavy atom. The summed E-state index contributed by atoms with van der Waals surface area (Å²) in [5.41, 5.74) is 1.25. The van der Waals surface area contributed by atoms with Crippen molar-refractivity contribution in [3.8, 4) is 0 Å². The molecule has 0 aliphatic rings. The molecule has 0 atom stereocenters. The molecule has 3 aromatic rings. The smallest absolute Gasteiger partial charge is 0.230 e. The van der Waals surface area contributed by atoms with Gasteiger partial charge in [-0.3, -0.25) is 4.68 Å². The Labute approximate surface area is 168 Å². The van der Waals surface area contributed by atoms with E-state index in [0.717, 1.165) is 5.69 Å². The average molecular weight is 421 g/mol. The molecular weight excluding hydrogens is 400 g/mol. The van der Waals surface area contributed by atoms with Crippen LogP contribution in [0.15, 0.2) is 41.4 Å². The van der Waals surface area contributed by atoms with Gasteiger partial charge in [0.2, 0.25) is 5.95 Å². The molecule has 0 bridgehead atoms. The number of para-hydroxylation sites is 1. The van der Waals surface area contributed by atoms with Crippen molar-refractivity contribution in [2.24, 2.45) is 7.05 Å². The number of nitrogens with zero attached hydrogens (tertiary/aromatic N) is 4. The van der Waals surface area contributed by atoms with E-state index in [4.69, 9.17) is 11.6 Å². The number of hydrogen-bond donors (Lipinski definition) is 2. The number of benzene rings is 1. The molecule has 2 aromatic heterocycles. The molecule has 28 heavy (non-hydrogen) atoms. The third-order valence-corrected chi connectivity index (χ3v) is 6.54. The lowest BCUT2D eigenvalue weighted by atomic mass is 10.3. The third-order valence-electron chi connectivity index (χ3n) is 4.05. The Balaban J connectivity index is 1.95. The zero-order chi connectivity index (χ0) is 20.5. The van der Waals surface area contributed by atoms with Gasteiger partial charge >= 0.3 is 0 Å². The van der Waals surface area contributed by atoms with Crippen LogP contribution in [0.1, 0.15) is 19.5 Å². The maximum absolute atomic E-state index is 12.6. The number of aryl methyl sites for hydroxylation is 2. The minimum absolute atomic E-state index is 0.191. The molecule has 0 radical (unpaired) electrons. The maximum Gasteiger partial charge on any atom is 0.230 e. The molecule has 2 heterocycles. The second-order valence-corrected chi connectivity index (χ2v) is 9.40. The van der Waals surface area contributed by atoms with Crippen molar-refractivity contribution >= 4 is 44.7 Å². The van der Waals surface area contributed by atoms with Gasteiger partial charge in [0.15, 0.2) is 15.7 Å². The molecule has 8 nitrogen and oxygen atoms in total. The number of sulfone groups is 1. The van der Waals surface area contributed by atoms with Crippen LogP contribution >= 0.6 is 11.6 Å². The summed E-state index contributed by atoms with van der Waals surface area (Å²) in [5, 5.41) is 10.1. The molecule has 0 spiro atoms. The first-order chi connectivity index (χ1) is 13.2. The first kappa shape index (κ1) is 20.1. The highest BCUT2D eigenvalue weighted by Gasteiger charge is 2.23. The van der Waals surface area contributed by atoms with Crippen LogP contribution in [0.25, 0.3) is 0 Å². The molecule has 0 aliphatic carbocycles. The molecule has 1 aromatic carbocycles. The monoisotopic (exact) mass is 420 g/mol. The zero-order valence-electron chi connectivity index (χ0n) is 15.9. The molecule has 3 rings (SSSR count). The molecule has 10 heteroatoms. The number of anilines is 4. The number of halogens is 1. The summed E-state index contributed by atoms with van der Waals surface area (Å²) < 4.78 is 27.0. The number of hydrogen-bond acceptors (Lipinski definition) is 7. The lowest BCUT2D eigenvalue weighted by molar-refractivity contribution is 0.588. The summed E-state index contributed by atoms with van der Waals surface area (Å²) in [6.45, 7) is 5.16. The molecule has 148 valence electrons. The van der Waals surface area contributed by atoms with Crippen molar-refractivity contribution in [1.82, 2.24) is 19.7 Å². The van der Waals surface area contributed by atoms with E-state index in [-0.39, 0.29) is 9.92 Å². The van der Waals surface area contributed by atoms with Gasteiger partial charge < -0.3 is 10.6 Å². The van der Waals surface area contributed by atoms with Gasteiger partial charge in [0, 0.05) is 13.1 Å². The predicted molar refractivity (Wildman–Crippen MR) is 110 cm³/mol. The second kappa shape index (κ2) is 7.76. The topological polar surface area (TPSA) is 102 Å². The SMILES string of the molecule is Cc1cc(Nc2ncc(Cl)c(Nc3ccccc3S(=O)(=O)C(C)C)n2)n(C)n1. The Hall–Kier alpha value is -2.65. The maximum atomic E-state index is 12.6. The van der Waals surface area contributed by atoms with Crippen molar-refractivity contribution in [1.29, 1.82) is 0 Å². The summed E-state index contributed by atoms with van der Waals surface area (Å²) in [7, 11) is -1.68. The van der Waals surface area contributed by atoms with Crippen molar-refractivity contribution in [3.63, 3.8) is 0 Å². The highest BCUT2D eigenvalue weighted by Crippen LogP contribution is 2.30.